The van der Waals surface area contributed by atoms with Gasteiger partial charge in [0.2, 0.25) is 0 Å². The van der Waals surface area contributed by atoms with Crippen LogP contribution in [-0.4, -0.2) is 66.9 Å². The molecular weight excluding hydrogens is 791 g/mol. The molecule has 1 atom stereocenters. The number of esters is 2. The smallest absolute Gasteiger partial charge is 0.497 e. The molecule has 0 saturated heterocycles. The van der Waals surface area contributed by atoms with Crippen molar-refractivity contribution < 1.29 is 46.6 Å². The highest BCUT2D eigenvalue weighted by atomic mass is 28.4. The molecule has 1 amide bonds. The first-order chi connectivity index (χ1) is 29.5. The molecule has 4 aromatic carbocycles. The number of methoxy groups -OCH3 is 1. The average molecular weight is 854 g/mol. The van der Waals surface area contributed by atoms with Crippen molar-refractivity contribution in [1.82, 2.24) is 5.32 Å². The molecule has 61 heavy (non-hydrogen) atoms. The molecule has 0 radical (unpaired) electrons. The number of alkyl carbamates (subject to hydrolysis) is 1. The average Bonchev–Trinajstić information content (AvgIpc) is 3.27. The zero-order chi connectivity index (χ0) is 43.7. The van der Waals surface area contributed by atoms with E-state index in [1.807, 2.05) is 69.3 Å². The van der Waals surface area contributed by atoms with Crippen molar-refractivity contribution in [3.63, 3.8) is 0 Å². The first kappa shape index (κ1) is 47.0. The Morgan fingerprint density at radius 3 is 1.69 bits per heavy atom. The van der Waals surface area contributed by atoms with Gasteiger partial charge in [0.25, 0.3) is 0 Å². The van der Waals surface area contributed by atoms with Gasteiger partial charge in [-0.05, 0) is 124 Å². The minimum atomic E-state index is -2.79. The number of rotatable bonds is 22. The van der Waals surface area contributed by atoms with Crippen LogP contribution in [0.5, 0.6) is 17.2 Å². The molecule has 1 aliphatic rings. The van der Waals surface area contributed by atoms with Crippen LogP contribution in [0.4, 0.5) is 4.79 Å². The normalized spacial score (nSPS) is 14.7. The monoisotopic (exact) mass is 853 g/mol. The molecule has 12 heteroatoms. The predicted molar refractivity (Wildman–Crippen MR) is 238 cm³/mol. The fourth-order valence-electron chi connectivity index (χ4n) is 8.44. The summed E-state index contributed by atoms with van der Waals surface area (Å²) in [7, 11) is -1.11. The lowest BCUT2D eigenvalue weighted by molar-refractivity contribution is -0.131. The molecule has 1 N–H and O–H groups in total. The van der Waals surface area contributed by atoms with E-state index in [2.05, 4.69) is 36.5 Å². The molecule has 11 nitrogen and oxygen atoms in total. The molecule has 0 aliphatic heterocycles. The summed E-state index contributed by atoms with van der Waals surface area (Å²) in [5, 5.41) is 2.84. The van der Waals surface area contributed by atoms with Gasteiger partial charge < -0.3 is 37.5 Å². The maximum atomic E-state index is 13.4. The molecule has 1 aliphatic carbocycles. The second-order valence-corrected chi connectivity index (χ2v) is 18.3. The molecule has 0 aromatic heterocycles. The first-order valence-corrected chi connectivity index (χ1v) is 23.6. The lowest BCUT2D eigenvalue weighted by Gasteiger charge is -2.38. The van der Waals surface area contributed by atoms with E-state index in [9.17, 15) is 14.4 Å². The molecule has 0 bridgehead atoms. The molecule has 328 valence electrons. The molecule has 1 unspecified atom stereocenters. The van der Waals surface area contributed by atoms with Crippen LogP contribution < -0.4 is 19.5 Å². The van der Waals surface area contributed by atoms with Crippen LogP contribution >= 0.6 is 0 Å². The molecule has 0 heterocycles. The Morgan fingerprint density at radius 1 is 0.672 bits per heavy atom. The maximum absolute atomic E-state index is 13.4. The Kier molecular flexibility index (Phi) is 17.5. The number of hydrogen-bond donors (Lipinski definition) is 1. The third-order valence-electron chi connectivity index (χ3n) is 11.6. The van der Waals surface area contributed by atoms with Gasteiger partial charge in [-0.3, -0.25) is 4.79 Å². The molecule has 1 fully saturated rings. The topological polar surface area (TPSA) is 128 Å². The molecule has 4 aromatic rings. The summed E-state index contributed by atoms with van der Waals surface area (Å²) in [5.41, 5.74) is 4.26. The quantitative estimate of drug-likeness (QED) is 0.0353. The number of carbonyl (C=O) groups is 3. The van der Waals surface area contributed by atoms with Crippen molar-refractivity contribution in [2.75, 3.05) is 40.1 Å². The third kappa shape index (κ3) is 12.5. The van der Waals surface area contributed by atoms with Crippen molar-refractivity contribution in [3.8, 4) is 17.2 Å². The standard InChI is InChI=1S/C49H63NO10Si/c1-7-56-61(57-8-2,58-9-3)36-14-34-50-47(53)55-35-13-31-48(5,39-19-27-44(28-20-39)59-37(4)51)40-21-29-45(30-22-40)60-46(52)38-15-17-41(18-16-38)49(32-11-10-12-33-49)42-23-25-43(54-6)26-24-42/h15-30H,7-14,31-36H2,1-6H3,(H,50,53). The summed E-state index contributed by atoms with van der Waals surface area (Å²) in [6, 6.07) is 31.8. The highest BCUT2D eigenvalue weighted by Crippen LogP contribution is 2.45. The van der Waals surface area contributed by atoms with Crippen LogP contribution in [0.2, 0.25) is 6.04 Å². The number of ether oxygens (including phenoxy) is 4. The number of nitrogens with one attached hydrogen (secondary N) is 1. The van der Waals surface area contributed by atoms with Gasteiger partial charge in [0, 0.05) is 50.2 Å². The zero-order valence-corrected chi connectivity index (χ0v) is 37.7. The van der Waals surface area contributed by atoms with Gasteiger partial charge in [0.05, 0.1) is 19.3 Å². The van der Waals surface area contributed by atoms with E-state index >= 15 is 0 Å². The van der Waals surface area contributed by atoms with E-state index < -0.39 is 32.3 Å². The van der Waals surface area contributed by atoms with Crippen molar-refractivity contribution in [1.29, 1.82) is 0 Å². The summed E-state index contributed by atoms with van der Waals surface area (Å²) in [6.07, 6.45) is 6.96. The second kappa shape index (κ2) is 22.7. The Bertz CT molecular complexity index is 1960. The van der Waals surface area contributed by atoms with E-state index in [4.69, 9.17) is 32.2 Å². The SMILES string of the molecule is CCO[Si](CCCNC(=O)OCCCC(C)(c1ccc(OC(C)=O)cc1)c1ccc(OC(=O)c2ccc(C3(c4ccc(OC)cc4)CCCCC3)cc2)cc1)(OCC)OCC. The van der Waals surface area contributed by atoms with Crippen LogP contribution in [0, 0.1) is 0 Å². The van der Waals surface area contributed by atoms with Gasteiger partial charge in [0.1, 0.15) is 17.2 Å². The van der Waals surface area contributed by atoms with E-state index in [1.165, 1.54) is 24.5 Å². The highest BCUT2D eigenvalue weighted by molar-refractivity contribution is 6.60. The van der Waals surface area contributed by atoms with Gasteiger partial charge in [-0.25, -0.2) is 9.59 Å². The molecule has 1 saturated carbocycles. The van der Waals surface area contributed by atoms with Crippen molar-refractivity contribution in [3.05, 3.63) is 125 Å². The third-order valence-corrected chi connectivity index (χ3v) is 14.7. The summed E-state index contributed by atoms with van der Waals surface area (Å²) in [4.78, 5) is 37.7. The number of carbonyl (C=O) groups excluding carboxylic acids is 3. The van der Waals surface area contributed by atoms with Gasteiger partial charge in [-0.2, -0.15) is 0 Å². The Morgan fingerprint density at radius 2 is 1.18 bits per heavy atom. The van der Waals surface area contributed by atoms with Gasteiger partial charge in [-0.1, -0.05) is 74.7 Å². The minimum Gasteiger partial charge on any atom is -0.497 e. The highest BCUT2D eigenvalue weighted by Gasteiger charge is 2.40. The van der Waals surface area contributed by atoms with Crippen LogP contribution in [0.25, 0.3) is 0 Å². The number of hydrogen-bond acceptors (Lipinski definition) is 10. The zero-order valence-electron chi connectivity index (χ0n) is 36.7. The molecular formula is C49H63NO10Si. The predicted octanol–water partition coefficient (Wildman–Crippen LogP) is 10.3. The van der Waals surface area contributed by atoms with E-state index in [1.54, 1.807) is 31.4 Å². The van der Waals surface area contributed by atoms with Crippen LogP contribution in [0.15, 0.2) is 97.1 Å². The fraction of sp³-hybridized carbons (Fsp3) is 0.449. The maximum Gasteiger partial charge on any atom is 0.500 e. The minimum absolute atomic E-state index is 0.109. The summed E-state index contributed by atoms with van der Waals surface area (Å²) >= 11 is 0. The second-order valence-electron chi connectivity index (χ2n) is 15.6. The lowest BCUT2D eigenvalue weighted by atomic mass is 9.65. The van der Waals surface area contributed by atoms with Crippen molar-refractivity contribution >= 4 is 26.8 Å². The van der Waals surface area contributed by atoms with Crippen LogP contribution in [-0.2, 0) is 33.6 Å². The number of benzene rings is 4. The summed E-state index contributed by atoms with van der Waals surface area (Å²) in [6.45, 7) is 11.3. The molecule has 0 spiro atoms. The van der Waals surface area contributed by atoms with Gasteiger partial charge >= 0.3 is 26.8 Å². The molecule has 5 rings (SSSR count). The Balaban J connectivity index is 1.22. The van der Waals surface area contributed by atoms with Crippen molar-refractivity contribution in [2.45, 2.75) is 103 Å². The largest absolute Gasteiger partial charge is 0.500 e. The fourth-order valence-corrected chi connectivity index (χ4v) is 11.1. The van der Waals surface area contributed by atoms with Crippen molar-refractivity contribution in [2.24, 2.45) is 0 Å². The van der Waals surface area contributed by atoms with Crippen LogP contribution in [0.3, 0.4) is 0 Å². The van der Waals surface area contributed by atoms with Gasteiger partial charge in [-0.15, -0.1) is 0 Å². The lowest BCUT2D eigenvalue weighted by Crippen LogP contribution is -2.46. The summed E-state index contributed by atoms with van der Waals surface area (Å²) < 4.78 is 39.9. The Hall–Kier alpha value is -5.01. The van der Waals surface area contributed by atoms with E-state index in [0.717, 1.165) is 42.6 Å². The summed E-state index contributed by atoms with van der Waals surface area (Å²) in [5.74, 6) is 0.887. The van der Waals surface area contributed by atoms with E-state index in [-0.39, 0.29) is 12.0 Å². The number of amides is 1. The van der Waals surface area contributed by atoms with Gasteiger partial charge in [0.15, 0.2) is 0 Å². The first-order valence-electron chi connectivity index (χ1n) is 21.7. The van der Waals surface area contributed by atoms with Crippen LogP contribution in [0.1, 0.15) is 119 Å². The van der Waals surface area contributed by atoms with E-state index in [0.29, 0.717) is 68.7 Å². The Labute approximate surface area is 362 Å².